The van der Waals surface area contributed by atoms with Gasteiger partial charge in [0.25, 0.3) is 5.91 Å². The van der Waals surface area contributed by atoms with Gasteiger partial charge >= 0.3 is 6.18 Å². The second kappa shape index (κ2) is 7.49. The van der Waals surface area contributed by atoms with Crippen LogP contribution in [0.2, 0.25) is 0 Å². The van der Waals surface area contributed by atoms with Gasteiger partial charge in [-0.05, 0) is 49.6 Å². The monoisotopic (exact) mass is 366 g/mol. The molecule has 1 aliphatic rings. The van der Waals surface area contributed by atoms with Crippen molar-refractivity contribution < 1.29 is 18.0 Å². The Kier molecular flexibility index (Phi) is 5.31. The van der Waals surface area contributed by atoms with Crippen LogP contribution in [0.3, 0.4) is 0 Å². The summed E-state index contributed by atoms with van der Waals surface area (Å²) in [6.07, 6.45) is 0.538. The Bertz CT molecular complexity index is 772. The van der Waals surface area contributed by atoms with Crippen LogP contribution < -0.4 is 11.1 Å². The van der Waals surface area contributed by atoms with Gasteiger partial charge in [-0.2, -0.15) is 18.3 Å². The van der Waals surface area contributed by atoms with E-state index in [1.54, 1.807) is 12.1 Å². The standard InChI is InChI=1S/C18H21F3N4O/c19-18(20,21)16-8-9-23-25(16)14-6-3-5-12(10-14)17(26)24-15-7-2-1-4-13(15)11-22/h3,5-6,8-10,13,15H,1-2,4,7,11,22H2,(H,24,26). The van der Waals surface area contributed by atoms with E-state index in [0.29, 0.717) is 12.1 Å². The third-order valence-electron chi connectivity index (χ3n) is 4.81. The van der Waals surface area contributed by atoms with Crippen molar-refractivity contribution in [2.24, 2.45) is 11.7 Å². The molecule has 0 radical (unpaired) electrons. The van der Waals surface area contributed by atoms with Gasteiger partial charge in [-0.15, -0.1) is 0 Å². The number of nitrogens with two attached hydrogens (primary N) is 1. The number of alkyl halides is 3. The lowest BCUT2D eigenvalue weighted by atomic mass is 9.84. The lowest BCUT2D eigenvalue weighted by Crippen LogP contribution is -2.44. The number of hydrogen-bond donors (Lipinski definition) is 2. The van der Waals surface area contributed by atoms with Crippen LogP contribution in [-0.4, -0.2) is 28.3 Å². The number of hydrogen-bond acceptors (Lipinski definition) is 3. The summed E-state index contributed by atoms with van der Waals surface area (Å²) in [5, 5.41) is 6.73. The normalized spacial score (nSPS) is 20.8. The highest BCUT2D eigenvalue weighted by molar-refractivity contribution is 5.95. The van der Waals surface area contributed by atoms with Gasteiger partial charge in [0.15, 0.2) is 0 Å². The van der Waals surface area contributed by atoms with Crippen LogP contribution >= 0.6 is 0 Å². The van der Waals surface area contributed by atoms with Crippen LogP contribution in [-0.2, 0) is 6.18 Å². The van der Waals surface area contributed by atoms with Crippen LogP contribution in [0.1, 0.15) is 41.7 Å². The molecule has 0 spiro atoms. The number of nitrogens with one attached hydrogen (secondary N) is 1. The molecule has 1 saturated carbocycles. The molecule has 1 aromatic heterocycles. The van der Waals surface area contributed by atoms with Crippen molar-refractivity contribution in [3.05, 3.63) is 47.8 Å². The summed E-state index contributed by atoms with van der Waals surface area (Å²) in [4.78, 5) is 12.6. The molecule has 0 bridgehead atoms. The summed E-state index contributed by atoms with van der Waals surface area (Å²) in [7, 11) is 0. The number of aromatic nitrogens is 2. The van der Waals surface area contributed by atoms with Crippen molar-refractivity contribution in [2.75, 3.05) is 6.54 Å². The van der Waals surface area contributed by atoms with Gasteiger partial charge in [-0.1, -0.05) is 18.9 Å². The number of carbonyl (C=O) groups excluding carboxylic acids is 1. The van der Waals surface area contributed by atoms with Crippen molar-refractivity contribution in [1.29, 1.82) is 0 Å². The maximum atomic E-state index is 13.1. The molecule has 140 valence electrons. The Morgan fingerprint density at radius 2 is 2.04 bits per heavy atom. The SMILES string of the molecule is NCC1CCCCC1NC(=O)c1cccc(-n2nccc2C(F)(F)F)c1. The highest BCUT2D eigenvalue weighted by atomic mass is 19.4. The second-order valence-electron chi connectivity index (χ2n) is 6.54. The highest BCUT2D eigenvalue weighted by Gasteiger charge is 2.35. The van der Waals surface area contributed by atoms with E-state index in [-0.39, 0.29) is 23.6 Å². The van der Waals surface area contributed by atoms with Crippen molar-refractivity contribution >= 4 is 5.91 Å². The van der Waals surface area contributed by atoms with Gasteiger partial charge in [0.05, 0.1) is 11.9 Å². The Labute approximate surface area is 149 Å². The molecule has 1 aliphatic carbocycles. The fourth-order valence-electron chi connectivity index (χ4n) is 3.43. The van der Waals surface area contributed by atoms with Gasteiger partial charge < -0.3 is 11.1 Å². The van der Waals surface area contributed by atoms with Crippen molar-refractivity contribution in [3.63, 3.8) is 0 Å². The number of benzene rings is 1. The molecule has 8 heteroatoms. The molecule has 1 aromatic carbocycles. The van der Waals surface area contributed by atoms with E-state index < -0.39 is 11.9 Å². The largest absolute Gasteiger partial charge is 0.433 e. The molecule has 1 heterocycles. The minimum Gasteiger partial charge on any atom is -0.349 e. The molecule has 2 unspecified atom stereocenters. The van der Waals surface area contributed by atoms with Gasteiger partial charge in [0.2, 0.25) is 0 Å². The minimum absolute atomic E-state index is 0.000320. The van der Waals surface area contributed by atoms with E-state index >= 15 is 0 Å². The summed E-state index contributed by atoms with van der Waals surface area (Å²) >= 11 is 0. The van der Waals surface area contributed by atoms with E-state index in [9.17, 15) is 18.0 Å². The highest BCUT2D eigenvalue weighted by Crippen LogP contribution is 2.30. The molecule has 3 rings (SSSR count). The zero-order valence-corrected chi connectivity index (χ0v) is 14.2. The van der Waals surface area contributed by atoms with Gasteiger partial charge in [0, 0.05) is 11.6 Å². The summed E-state index contributed by atoms with van der Waals surface area (Å²) in [6.45, 7) is 0.507. The maximum absolute atomic E-state index is 13.1. The first-order valence-electron chi connectivity index (χ1n) is 8.62. The quantitative estimate of drug-likeness (QED) is 0.873. The number of carbonyl (C=O) groups is 1. The molecule has 2 atom stereocenters. The maximum Gasteiger partial charge on any atom is 0.433 e. The predicted octanol–water partition coefficient (Wildman–Crippen LogP) is 3.14. The van der Waals surface area contributed by atoms with Crippen LogP contribution in [0.4, 0.5) is 13.2 Å². The molecule has 1 amide bonds. The fourth-order valence-corrected chi connectivity index (χ4v) is 3.43. The van der Waals surface area contributed by atoms with Crippen molar-refractivity contribution in [3.8, 4) is 5.69 Å². The first-order valence-corrected chi connectivity index (χ1v) is 8.62. The number of halogens is 3. The van der Waals surface area contributed by atoms with Crippen molar-refractivity contribution in [2.45, 2.75) is 37.9 Å². The van der Waals surface area contributed by atoms with E-state index in [1.807, 2.05) is 0 Å². The molecule has 3 N–H and O–H groups in total. The molecule has 0 aliphatic heterocycles. The topological polar surface area (TPSA) is 72.9 Å². The minimum atomic E-state index is -4.52. The zero-order chi connectivity index (χ0) is 18.7. The van der Waals surface area contributed by atoms with Crippen LogP contribution in [0, 0.1) is 5.92 Å². The Hall–Kier alpha value is -2.35. The van der Waals surface area contributed by atoms with Crippen LogP contribution in [0.25, 0.3) is 5.69 Å². The molecular formula is C18H21F3N4O. The van der Waals surface area contributed by atoms with Gasteiger partial charge in [-0.25, -0.2) is 4.68 Å². The summed E-state index contributed by atoms with van der Waals surface area (Å²) < 4.78 is 40.0. The third-order valence-corrected chi connectivity index (χ3v) is 4.81. The first-order chi connectivity index (χ1) is 12.4. The zero-order valence-electron chi connectivity index (χ0n) is 14.2. The van der Waals surface area contributed by atoms with Gasteiger partial charge in [0.1, 0.15) is 5.69 Å². The molecule has 5 nitrogen and oxygen atoms in total. The fraction of sp³-hybridized carbons (Fsp3) is 0.444. The second-order valence-corrected chi connectivity index (χ2v) is 6.54. The van der Waals surface area contributed by atoms with E-state index in [4.69, 9.17) is 5.73 Å². The smallest absolute Gasteiger partial charge is 0.349 e. The molecular weight excluding hydrogens is 345 g/mol. The van der Waals surface area contributed by atoms with Gasteiger partial charge in [-0.3, -0.25) is 4.79 Å². The molecule has 2 aromatic rings. The van der Waals surface area contributed by atoms with E-state index in [0.717, 1.165) is 42.6 Å². The summed E-state index contributed by atoms with van der Waals surface area (Å²) in [6, 6.07) is 6.93. The third kappa shape index (κ3) is 3.90. The number of amides is 1. The Balaban J connectivity index is 1.81. The van der Waals surface area contributed by atoms with E-state index in [1.165, 1.54) is 12.1 Å². The average molecular weight is 366 g/mol. The molecule has 26 heavy (non-hydrogen) atoms. The Morgan fingerprint density at radius 1 is 1.27 bits per heavy atom. The lowest BCUT2D eigenvalue weighted by molar-refractivity contribution is -0.142. The Morgan fingerprint density at radius 3 is 2.77 bits per heavy atom. The number of nitrogens with zero attached hydrogens (tertiary/aromatic N) is 2. The van der Waals surface area contributed by atoms with Crippen molar-refractivity contribution in [1.82, 2.24) is 15.1 Å². The molecule has 0 saturated heterocycles. The summed E-state index contributed by atoms with van der Waals surface area (Å²) in [5.41, 5.74) is 5.39. The number of rotatable bonds is 4. The predicted molar refractivity (Wildman–Crippen MR) is 90.8 cm³/mol. The van der Waals surface area contributed by atoms with Crippen LogP contribution in [0.5, 0.6) is 0 Å². The van der Waals surface area contributed by atoms with E-state index in [2.05, 4.69) is 10.4 Å². The summed E-state index contributed by atoms with van der Waals surface area (Å²) in [5.74, 6) is -0.0725. The lowest BCUT2D eigenvalue weighted by Gasteiger charge is -2.31. The first kappa shape index (κ1) is 18.4. The molecule has 1 fully saturated rings. The van der Waals surface area contributed by atoms with Crippen LogP contribution in [0.15, 0.2) is 36.5 Å². The average Bonchev–Trinajstić information content (AvgIpc) is 3.12.